The molecule has 1 fully saturated rings. The normalized spacial score (nSPS) is 18.3. The van der Waals surface area contributed by atoms with Gasteiger partial charge in [-0.15, -0.1) is 12.4 Å². The summed E-state index contributed by atoms with van der Waals surface area (Å²) in [5.41, 5.74) is 1.33. The SMILES string of the molecule is CC(c1ccc(F)cc1)N(C)C(=O)c1ccn(C2CCCNC2)n1.Cl. The van der Waals surface area contributed by atoms with Crippen LogP contribution in [0.5, 0.6) is 0 Å². The van der Waals surface area contributed by atoms with E-state index in [-0.39, 0.29) is 30.2 Å². The molecule has 3 rings (SSSR count). The molecule has 1 aliphatic rings. The molecule has 1 aromatic carbocycles. The van der Waals surface area contributed by atoms with Crippen molar-refractivity contribution >= 4 is 18.3 Å². The number of rotatable bonds is 4. The van der Waals surface area contributed by atoms with E-state index in [9.17, 15) is 9.18 Å². The highest BCUT2D eigenvalue weighted by Crippen LogP contribution is 2.21. The first-order valence-corrected chi connectivity index (χ1v) is 8.35. The smallest absolute Gasteiger partial charge is 0.274 e. The van der Waals surface area contributed by atoms with Crippen molar-refractivity contribution in [3.63, 3.8) is 0 Å². The summed E-state index contributed by atoms with van der Waals surface area (Å²) in [5, 5.41) is 7.82. The van der Waals surface area contributed by atoms with Crippen molar-refractivity contribution in [1.29, 1.82) is 0 Å². The fraction of sp³-hybridized carbons (Fsp3) is 0.444. The van der Waals surface area contributed by atoms with E-state index in [4.69, 9.17) is 0 Å². The molecule has 2 aromatic rings. The molecule has 1 aliphatic heterocycles. The minimum absolute atomic E-state index is 0. The molecular weight excluding hydrogens is 343 g/mol. The number of piperidine rings is 1. The molecule has 1 saturated heterocycles. The van der Waals surface area contributed by atoms with E-state index in [0.29, 0.717) is 11.7 Å². The third kappa shape index (κ3) is 4.38. The first-order chi connectivity index (χ1) is 11.6. The Bertz CT molecular complexity index is 697. The van der Waals surface area contributed by atoms with Crippen LogP contribution in [0.15, 0.2) is 36.5 Å². The van der Waals surface area contributed by atoms with Gasteiger partial charge in [0.2, 0.25) is 0 Å². The maximum atomic E-state index is 13.1. The highest BCUT2D eigenvalue weighted by atomic mass is 35.5. The van der Waals surface area contributed by atoms with Crippen LogP contribution in [0.25, 0.3) is 0 Å². The van der Waals surface area contributed by atoms with E-state index in [2.05, 4.69) is 10.4 Å². The molecule has 2 atom stereocenters. The minimum atomic E-state index is -0.278. The fourth-order valence-corrected chi connectivity index (χ4v) is 3.04. The molecule has 2 heterocycles. The van der Waals surface area contributed by atoms with Gasteiger partial charge in [-0.05, 0) is 50.1 Å². The fourth-order valence-electron chi connectivity index (χ4n) is 3.04. The van der Waals surface area contributed by atoms with Gasteiger partial charge in [-0.25, -0.2) is 4.39 Å². The second kappa shape index (κ2) is 8.45. The average Bonchev–Trinajstić information content (AvgIpc) is 3.11. The van der Waals surface area contributed by atoms with Gasteiger partial charge in [-0.2, -0.15) is 5.10 Å². The minimum Gasteiger partial charge on any atom is -0.334 e. The Morgan fingerprint density at radius 2 is 2.08 bits per heavy atom. The van der Waals surface area contributed by atoms with Gasteiger partial charge >= 0.3 is 0 Å². The maximum absolute atomic E-state index is 13.1. The highest BCUT2D eigenvalue weighted by molar-refractivity contribution is 5.92. The molecular formula is C18H24ClFN4O. The highest BCUT2D eigenvalue weighted by Gasteiger charge is 2.22. The van der Waals surface area contributed by atoms with E-state index in [0.717, 1.165) is 31.5 Å². The number of aromatic nitrogens is 2. The largest absolute Gasteiger partial charge is 0.334 e. The predicted molar refractivity (Wildman–Crippen MR) is 97.5 cm³/mol. The summed E-state index contributed by atoms with van der Waals surface area (Å²) < 4.78 is 14.9. The molecule has 7 heteroatoms. The molecule has 1 N–H and O–H groups in total. The van der Waals surface area contributed by atoms with Gasteiger partial charge in [-0.3, -0.25) is 9.48 Å². The number of amides is 1. The lowest BCUT2D eigenvalue weighted by Crippen LogP contribution is -2.33. The van der Waals surface area contributed by atoms with Crippen molar-refractivity contribution in [3.8, 4) is 0 Å². The summed E-state index contributed by atoms with van der Waals surface area (Å²) in [7, 11) is 1.75. The van der Waals surface area contributed by atoms with Crippen molar-refractivity contribution in [2.45, 2.75) is 31.8 Å². The number of hydrogen-bond donors (Lipinski definition) is 1. The molecule has 1 amide bonds. The predicted octanol–water partition coefficient (Wildman–Crippen LogP) is 3.20. The Morgan fingerprint density at radius 3 is 2.72 bits per heavy atom. The molecule has 0 bridgehead atoms. The summed E-state index contributed by atoms with van der Waals surface area (Å²) in [5.74, 6) is -0.408. The van der Waals surface area contributed by atoms with Crippen molar-refractivity contribution < 1.29 is 9.18 Å². The van der Waals surface area contributed by atoms with Gasteiger partial charge < -0.3 is 10.2 Å². The zero-order valence-corrected chi connectivity index (χ0v) is 15.3. The van der Waals surface area contributed by atoms with Crippen LogP contribution in [0.2, 0.25) is 0 Å². The van der Waals surface area contributed by atoms with Gasteiger partial charge in [0.05, 0.1) is 12.1 Å². The van der Waals surface area contributed by atoms with Crippen molar-refractivity contribution in [2.75, 3.05) is 20.1 Å². The number of nitrogens with zero attached hydrogens (tertiary/aromatic N) is 3. The Morgan fingerprint density at radius 1 is 1.36 bits per heavy atom. The zero-order valence-electron chi connectivity index (χ0n) is 14.5. The van der Waals surface area contributed by atoms with Crippen LogP contribution in [-0.4, -0.2) is 40.7 Å². The second-order valence-corrected chi connectivity index (χ2v) is 6.32. The Hall–Kier alpha value is -1.92. The number of carbonyl (C=O) groups excluding carboxylic acids is 1. The molecule has 1 aromatic heterocycles. The number of nitrogens with one attached hydrogen (secondary N) is 1. The summed E-state index contributed by atoms with van der Waals surface area (Å²) in [6.45, 7) is 3.85. The number of benzene rings is 1. The second-order valence-electron chi connectivity index (χ2n) is 6.32. The Labute approximate surface area is 153 Å². The summed E-state index contributed by atoms with van der Waals surface area (Å²) in [6, 6.07) is 8.15. The monoisotopic (exact) mass is 366 g/mol. The van der Waals surface area contributed by atoms with Crippen LogP contribution in [0.3, 0.4) is 0 Å². The first kappa shape index (κ1) is 19.4. The van der Waals surface area contributed by atoms with E-state index < -0.39 is 0 Å². The first-order valence-electron chi connectivity index (χ1n) is 8.35. The molecule has 5 nitrogen and oxygen atoms in total. The van der Waals surface area contributed by atoms with Gasteiger partial charge in [0, 0.05) is 19.8 Å². The van der Waals surface area contributed by atoms with E-state index >= 15 is 0 Å². The standard InChI is InChI=1S/C18H23FN4O.ClH/c1-13(14-5-7-15(19)8-6-14)22(2)18(24)17-9-11-23(21-17)16-4-3-10-20-12-16;/h5-9,11,13,16,20H,3-4,10,12H2,1-2H3;1H. The average molecular weight is 367 g/mol. The lowest BCUT2D eigenvalue weighted by atomic mass is 10.1. The van der Waals surface area contributed by atoms with Gasteiger partial charge in [0.1, 0.15) is 11.5 Å². The molecule has 136 valence electrons. The van der Waals surface area contributed by atoms with Crippen LogP contribution in [0.1, 0.15) is 47.9 Å². The van der Waals surface area contributed by atoms with Gasteiger partial charge in [-0.1, -0.05) is 12.1 Å². The molecule has 0 spiro atoms. The van der Waals surface area contributed by atoms with Crippen molar-refractivity contribution in [1.82, 2.24) is 20.0 Å². The molecule has 2 unspecified atom stereocenters. The molecule has 25 heavy (non-hydrogen) atoms. The van der Waals surface area contributed by atoms with Crippen LogP contribution in [0.4, 0.5) is 4.39 Å². The number of carbonyl (C=O) groups is 1. The van der Waals surface area contributed by atoms with Crippen LogP contribution in [0, 0.1) is 5.82 Å². The van der Waals surface area contributed by atoms with Crippen LogP contribution >= 0.6 is 12.4 Å². The topological polar surface area (TPSA) is 50.2 Å². The van der Waals surface area contributed by atoms with E-state index in [1.165, 1.54) is 12.1 Å². The van der Waals surface area contributed by atoms with Gasteiger partial charge in [0.25, 0.3) is 5.91 Å². The number of hydrogen-bond acceptors (Lipinski definition) is 3. The van der Waals surface area contributed by atoms with E-state index in [1.54, 1.807) is 30.1 Å². The van der Waals surface area contributed by atoms with Crippen molar-refractivity contribution in [2.24, 2.45) is 0 Å². The quantitative estimate of drug-likeness (QED) is 0.904. The molecule has 0 radical (unpaired) electrons. The van der Waals surface area contributed by atoms with Crippen LogP contribution < -0.4 is 5.32 Å². The van der Waals surface area contributed by atoms with Crippen LogP contribution in [-0.2, 0) is 0 Å². The maximum Gasteiger partial charge on any atom is 0.274 e. The van der Waals surface area contributed by atoms with E-state index in [1.807, 2.05) is 17.8 Å². The lowest BCUT2D eigenvalue weighted by molar-refractivity contribution is 0.0735. The Kier molecular flexibility index (Phi) is 6.56. The van der Waals surface area contributed by atoms with Crippen molar-refractivity contribution in [3.05, 3.63) is 53.6 Å². The lowest BCUT2D eigenvalue weighted by Gasteiger charge is -2.25. The third-order valence-corrected chi connectivity index (χ3v) is 4.73. The Balaban J connectivity index is 0.00000225. The zero-order chi connectivity index (χ0) is 17.1. The molecule has 0 saturated carbocycles. The summed E-state index contributed by atoms with van der Waals surface area (Å²) in [4.78, 5) is 14.3. The number of halogens is 2. The summed E-state index contributed by atoms with van der Waals surface area (Å²) in [6.07, 6.45) is 4.07. The van der Waals surface area contributed by atoms with Gasteiger partial charge in [0.15, 0.2) is 0 Å². The third-order valence-electron chi connectivity index (χ3n) is 4.73. The molecule has 0 aliphatic carbocycles. The summed E-state index contributed by atoms with van der Waals surface area (Å²) >= 11 is 0.